The van der Waals surface area contributed by atoms with E-state index in [1.54, 1.807) is 0 Å². The lowest BCUT2D eigenvalue weighted by molar-refractivity contribution is -0.139. The standard InChI is InChI=1S/C11H12N2O4/c1-2-3-8(11(16)17)13-10(15)7-4-5-12-6-9(7)14/h2,4-6,8,14H,1,3H2,(H,13,15)(H,16,17). The summed E-state index contributed by atoms with van der Waals surface area (Å²) in [4.78, 5) is 26.1. The van der Waals surface area contributed by atoms with E-state index >= 15 is 0 Å². The van der Waals surface area contributed by atoms with Crippen molar-refractivity contribution < 1.29 is 19.8 Å². The van der Waals surface area contributed by atoms with E-state index in [1.165, 1.54) is 18.3 Å². The number of nitrogens with one attached hydrogen (secondary N) is 1. The van der Waals surface area contributed by atoms with Gasteiger partial charge in [0.1, 0.15) is 11.8 Å². The highest BCUT2D eigenvalue weighted by molar-refractivity contribution is 5.98. The highest BCUT2D eigenvalue weighted by atomic mass is 16.4. The maximum absolute atomic E-state index is 11.7. The number of carboxylic acids is 1. The van der Waals surface area contributed by atoms with Gasteiger partial charge in [0.25, 0.3) is 5.91 Å². The van der Waals surface area contributed by atoms with Crippen molar-refractivity contribution in [2.24, 2.45) is 0 Å². The van der Waals surface area contributed by atoms with Gasteiger partial charge in [-0.3, -0.25) is 9.78 Å². The van der Waals surface area contributed by atoms with E-state index in [-0.39, 0.29) is 17.7 Å². The van der Waals surface area contributed by atoms with Crippen LogP contribution in [0, 0.1) is 0 Å². The number of amides is 1. The molecule has 0 radical (unpaired) electrons. The topological polar surface area (TPSA) is 99.5 Å². The average molecular weight is 236 g/mol. The number of pyridine rings is 1. The predicted molar refractivity (Wildman–Crippen MR) is 59.6 cm³/mol. The van der Waals surface area contributed by atoms with E-state index in [4.69, 9.17) is 5.11 Å². The van der Waals surface area contributed by atoms with Crippen LogP contribution in [-0.4, -0.2) is 33.1 Å². The molecule has 1 rings (SSSR count). The fraction of sp³-hybridized carbons (Fsp3) is 0.182. The molecule has 1 aromatic heterocycles. The molecule has 6 nitrogen and oxygen atoms in total. The van der Waals surface area contributed by atoms with Crippen molar-refractivity contribution in [3.05, 3.63) is 36.7 Å². The largest absolute Gasteiger partial charge is 0.505 e. The van der Waals surface area contributed by atoms with E-state index in [1.807, 2.05) is 0 Å². The zero-order valence-corrected chi connectivity index (χ0v) is 8.96. The second-order valence-electron chi connectivity index (χ2n) is 3.28. The monoisotopic (exact) mass is 236 g/mol. The minimum absolute atomic E-state index is 0.0182. The highest BCUT2D eigenvalue weighted by Gasteiger charge is 2.20. The van der Waals surface area contributed by atoms with Crippen molar-refractivity contribution in [2.75, 3.05) is 0 Å². The maximum atomic E-state index is 11.7. The summed E-state index contributed by atoms with van der Waals surface area (Å²) < 4.78 is 0. The van der Waals surface area contributed by atoms with Gasteiger partial charge in [-0.25, -0.2) is 4.79 Å². The van der Waals surface area contributed by atoms with Crippen molar-refractivity contribution in [1.29, 1.82) is 0 Å². The summed E-state index contributed by atoms with van der Waals surface area (Å²) in [5, 5.41) is 20.5. The Kier molecular flexibility index (Phi) is 4.21. The van der Waals surface area contributed by atoms with E-state index in [9.17, 15) is 14.7 Å². The molecule has 0 aliphatic rings. The van der Waals surface area contributed by atoms with Crippen molar-refractivity contribution in [2.45, 2.75) is 12.5 Å². The molecule has 0 aliphatic heterocycles. The summed E-state index contributed by atoms with van der Waals surface area (Å²) in [6.45, 7) is 3.41. The Morgan fingerprint density at radius 2 is 2.29 bits per heavy atom. The smallest absolute Gasteiger partial charge is 0.326 e. The molecule has 0 aliphatic carbocycles. The Morgan fingerprint density at radius 1 is 1.59 bits per heavy atom. The Balaban J connectivity index is 2.81. The summed E-state index contributed by atoms with van der Waals surface area (Å²) in [5.74, 6) is -2.13. The summed E-state index contributed by atoms with van der Waals surface area (Å²) in [6, 6.07) is 0.241. The van der Waals surface area contributed by atoms with Gasteiger partial charge in [0.15, 0.2) is 0 Å². The highest BCUT2D eigenvalue weighted by Crippen LogP contribution is 2.13. The molecule has 1 amide bonds. The first kappa shape index (κ1) is 12.7. The Hall–Kier alpha value is -2.37. The SMILES string of the molecule is C=CCC(NC(=O)c1ccncc1O)C(=O)O. The summed E-state index contributed by atoms with van der Waals surface area (Å²) >= 11 is 0. The van der Waals surface area contributed by atoms with Crippen LogP contribution in [0.2, 0.25) is 0 Å². The van der Waals surface area contributed by atoms with Crippen LogP contribution in [0.1, 0.15) is 16.8 Å². The van der Waals surface area contributed by atoms with Gasteiger partial charge in [0, 0.05) is 6.20 Å². The zero-order chi connectivity index (χ0) is 12.8. The van der Waals surface area contributed by atoms with E-state index < -0.39 is 17.9 Å². The number of nitrogens with zero attached hydrogens (tertiary/aromatic N) is 1. The number of carbonyl (C=O) groups is 2. The molecule has 1 unspecified atom stereocenters. The molecule has 1 atom stereocenters. The second-order valence-corrected chi connectivity index (χ2v) is 3.28. The molecule has 0 bridgehead atoms. The number of carboxylic acid groups (broad SMARTS) is 1. The fourth-order valence-electron chi connectivity index (χ4n) is 1.20. The molecule has 0 fully saturated rings. The molecule has 0 spiro atoms. The van der Waals surface area contributed by atoms with Crippen LogP contribution in [0.4, 0.5) is 0 Å². The molecule has 0 saturated heterocycles. The minimum Gasteiger partial charge on any atom is -0.505 e. The number of hydrogen-bond acceptors (Lipinski definition) is 4. The number of aromatic nitrogens is 1. The van der Waals surface area contributed by atoms with Crippen LogP contribution in [0.3, 0.4) is 0 Å². The Bertz CT molecular complexity index is 445. The molecule has 3 N–H and O–H groups in total. The molecule has 6 heteroatoms. The first-order chi connectivity index (χ1) is 8.06. The lowest BCUT2D eigenvalue weighted by Gasteiger charge is -2.12. The van der Waals surface area contributed by atoms with Gasteiger partial charge in [-0.1, -0.05) is 6.08 Å². The molecule has 1 heterocycles. The average Bonchev–Trinajstić information content (AvgIpc) is 2.28. The van der Waals surface area contributed by atoms with Crippen LogP contribution in [0.25, 0.3) is 0 Å². The molecule has 17 heavy (non-hydrogen) atoms. The van der Waals surface area contributed by atoms with Gasteiger partial charge >= 0.3 is 5.97 Å². The predicted octanol–water partition coefficient (Wildman–Crippen LogP) is 0.546. The molecule has 0 saturated carbocycles. The lowest BCUT2D eigenvalue weighted by Crippen LogP contribution is -2.40. The third-order valence-electron chi connectivity index (χ3n) is 2.05. The van der Waals surface area contributed by atoms with Crippen molar-refractivity contribution in [3.63, 3.8) is 0 Å². The first-order valence-corrected chi connectivity index (χ1v) is 4.83. The van der Waals surface area contributed by atoms with E-state index in [0.29, 0.717) is 0 Å². The number of aliphatic carboxylic acids is 1. The molecular weight excluding hydrogens is 224 g/mol. The van der Waals surface area contributed by atoms with Gasteiger partial charge in [0.05, 0.1) is 11.8 Å². The second kappa shape index (κ2) is 5.64. The molecule has 1 aromatic rings. The van der Waals surface area contributed by atoms with E-state index in [2.05, 4.69) is 16.9 Å². The quantitative estimate of drug-likeness (QED) is 0.648. The van der Waals surface area contributed by atoms with Crippen LogP contribution in [0.5, 0.6) is 5.75 Å². The third kappa shape index (κ3) is 3.30. The normalized spacial score (nSPS) is 11.5. The molecule has 90 valence electrons. The number of rotatable bonds is 5. The molecular formula is C11H12N2O4. The maximum Gasteiger partial charge on any atom is 0.326 e. The van der Waals surface area contributed by atoms with Crippen LogP contribution >= 0.6 is 0 Å². The number of carbonyl (C=O) groups excluding carboxylic acids is 1. The van der Waals surface area contributed by atoms with Crippen molar-refractivity contribution in [3.8, 4) is 5.75 Å². The number of hydrogen-bond donors (Lipinski definition) is 3. The van der Waals surface area contributed by atoms with Gasteiger partial charge in [0.2, 0.25) is 0 Å². The summed E-state index contributed by atoms with van der Waals surface area (Å²) in [7, 11) is 0. The van der Waals surface area contributed by atoms with Crippen molar-refractivity contribution >= 4 is 11.9 Å². The van der Waals surface area contributed by atoms with E-state index in [0.717, 1.165) is 6.20 Å². The first-order valence-electron chi connectivity index (χ1n) is 4.83. The Morgan fingerprint density at radius 3 is 2.82 bits per heavy atom. The summed E-state index contributed by atoms with van der Waals surface area (Å²) in [5.41, 5.74) is -0.0182. The minimum atomic E-state index is -1.16. The van der Waals surface area contributed by atoms with Gasteiger partial charge in [-0.2, -0.15) is 0 Å². The van der Waals surface area contributed by atoms with Gasteiger partial charge < -0.3 is 15.5 Å². The lowest BCUT2D eigenvalue weighted by atomic mass is 10.1. The third-order valence-corrected chi connectivity index (χ3v) is 2.05. The van der Waals surface area contributed by atoms with Gasteiger partial charge in [-0.05, 0) is 12.5 Å². The fourth-order valence-corrected chi connectivity index (χ4v) is 1.20. The van der Waals surface area contributed by atoms with Crippen LogP contribution < -0.4 is 5.32 Å². The number of aromatic hydroxyl groups is 1. The van der Waals surface area contributed by atoms with Crippen LogP contribution in [0.15, 0.2) is 31.1 Å². The molecule has 0 aromatic carbocycles. The van der Waals surface area contributed by atoms with Crippen LogP contribution in [-0.2, 0) is 4.79 Å². The zero-order valence-electron chi connectivity index (χ0n) is 8.96. The van der Waals surface area contributed by atoms with Gasteiger partial charge in [-0.15, -0.1) is 6.58 Å². The van der Waals surface area contributed by atoms with Crippen molar-refractivity contribution in [1.82, 2.24) is 10.3 Å². The summed E-state index contributed by atoms with van der Waals surface area (Å²) in [6.07, 6.45) is 3.94. The Labute approximate surface area is 97.6 Å².